The summed E-state index contributed by atoms with van der Waals surface area (Å²) in [5, 5.41) is 14.0. The molecule has 1 saturated heterocycles. The van der Waals surface area contributed by atoms with Crippen LogP contribution in [0.5, 0.6) is 0 Å². The molecule has 1 fully saturated rings. The molecule has 9 nitrogen and oxygen atoms in total. The van der Waals surface area contributed by atoms with E-state index in [1.165, 1.54) is 6.92 Å². The minimum absolute atomic E-state index is 0.107. The molecule has 1 aliphatic heterocycles. The molecule has 23 heavy (non-hydrogen) atoms. The topological polar surface area (TPSA) is 125 Å². The van der Waals surface area contributed by atoms with Crippen LogP contribution in [-0.2, 0) is 23.9 Å². The standard InChI is InChI=1S/C14H21N3O6/c1-10(18)23-9-11-8-17(7-6-15-11)13(20)4-5-16-12(19)2-3-14(21)22/h2-3,11,15H,4-9H2,1H3,(H,16,19)(H,21,22)/b3-2-. The Labute approximate surface area is 133 Å². The summed E-state index contributed by atoms with van der Waals surface area (Å²) in [5.74, 6) is -2.27. The number of hydrogen-bond donors (Lipinski definition) is 3. The van der Waals surface area contributed by atoms with Crippen LogP contribution in [0.4, 0.5) is 0 Å². The third kappa shape index (κ3) is 7.96. The Balaban J connectivity index is 2.29. The van der Waals surface area contributed by atoms with Gasteiger partial charge in [0.05, 0.1) is 6.04 Å². The Morgan fingerprint density at radius 1 is 1.35 bits per heavy atom. The Hall–Kier alpha value is -2.42. The van der Waals surface area contributed by atoms with Crippen LogP contribution < -0.4 is 10.6 Å². The van der Waals surface area contributed by atoms with Crippen molar-refractivity contribution in [1.29, 1.82) is 0 Å². The van der Waals surface area contributed by atoms with E-state index in [0.717, 1.165) is 12.2 Å². The summed E-state index contributed by atoms with van der Waals surface area (Å²) < 4.78 is 4.92. The lowest BCUT2D eigenvalue weighted by Gasteiger charge is -2.33. The van der Waals surface area contributed by atoms with E-state index in [1.807, 2.05) is 0 Å². The average molecular weight is 327 g/mol. The highest BCUT2D eigenvalue weighted by molar-refractivity contribution is 5.94. The summed E-state index contributed by atoms with van der Waals surface area (Å²) in [7, 11) is 0. The van der Waals surface area contributed by atoms with Crippen molar-refractivity contribution in [3.05, 3.63) is 12.2 Å². The molecule has 1 aliphatic rings. The summed E-state index contributed by atoms with van der Waals surface area (Å²) in [5.41, 5.74) is 0. The lowest BCUT2D eigenvalue weighted by atomic mass is 10.2. The maximum absolute atomic E-state index is 12.1. The first-order valence-corrected chi connectivity index (χ1v) is 7.22. The molecule has 0 aromatic heterocycles. The third-order valence-electron chi connectivity index (χ3n) is 3.11. The maximum atomic E-state index is 12.1. The number of carbonyl (C=O) groups excluding carboxylic acids is 3. The zero-order valence-electron chi connectivity index (χ0n) is 12.9. The van der Waals surface area contributed by atoms with Crippen LogP contribution in [0.25, 0.3) is 0 Å². The number of nitrogens with one attached hydrogen (secondary N) is 2. The molecule has 1 atom stereocenters. The van der Waals surface area contributed by atoms with Gasteiger partial charge in [0.2, 0.25) is 11.8 Å². The first-order valence-electron chi connectivity index (χ1n) is 7.22. The van der Waals surface area contributed by atoms with E-state index in [0.29, 0.717) is 19.6 Å². The second kappa shape index (κ2) is 9.57. The van der Waals surface area contributed by atoms with Gasteiger partial charge in [-0.25, -0.2) is 4.79 Å². The van der Waals surface area contributed by atoms with Crippen molar-refractivity contribution in [2.24, 2.45) is 0 Å². The Bertz CT molecular complexity index is 491. The van der Waals surface area contributed by atoms with Crippen LogP contribution in [-0.4, -0.2) is 72.6 Å². The summed E-state index contributed by atoms with van der Waals surface area (Å²) in [6.07, 6.45) is 1.74. The quantitative estimate of drug-likeness (QED) is 0.384. The largest absolute Gasteiger partial charge is 0.478 e. The van der Waals surface area contributed by atoms with Gasteiger partial charge < -0.3 is 25.4 Å². The molecule has 128 valence electrons. The summed E-state index contributed by atoms with van der Waals surface area (Å²) in [6, 6.07) is -0.107. The molecule has 0 radical (unpaired) electrons. The van der Waals surface area contributed by atoms with Crippen molar-refractivity contribution in [1.82, 2.24) is 15.5 Å². The van der Waals surface area contributed by atoms with Gasteiger partial charge in [0.1, 0.15) is 6.61 Å². The Kier molecular flexibility index (Phi) is 7.75. The highest BCUT2D eigenvalue weighted by atomic mass is 16.5. The molecule has 0 aliphatic carbocycles. The van der Waals surface area contributed by atoms with E-state index < -0.39 is 11.9 Å². The number of rotatable bonds is 7. The molecule has 1 unspecified atom stereocenters. The lowest BCUT2D eigenvalue weighted by Crippen LogP contribution is -2.54. The van der Waals surface area contributed by atoms with E-state index in [2.05, 4.69) is 10.6 Å². The van der Waals surface area contributed by atoms with E-state index in [-0.39, 0.29) is 37.5 Å². The molecular formula is C14H21N3O6. The van der Waals surface area contributed by atoms with Gasteiger partial charge in [-0.15, -0.1) is 0 Å². The number of amides is 2. The van der Waals surface area contributed by atoms with Gasteiger partial charge in [0.15, 0.2) is 0 Å². The van der Waals surface area contributed by atoms with E-state index in [9.17, 15) is 19.2 Å². The molecule has 0 spiro atoms. The van der Waals surface area contributed by atoms with Crippen molar-refractivity contribution >= 4 is 23.8 Å². The fourth-order valence-corrected chi connectivity index (χ4v) is 2.04. The normalized spacial score (nSPS) is 17.8. The van der Waals surface area contributed by atoms with Gasteiger partial charge in [0, 0.05) is 51.7 Å². The van der Waals surface area contributed by atoms with Crippen LogP contribution in [0.1, 0.15) is 13.3 Å². The lowest BCUT2D eigenvalue weighted by molar-refractivity contribution is -0.142. The zero-order chi connectivity index (χ0) is 17.2. The highest BCUT2D eigenvalue weighted by Crippen LogP contribution is 2.02. The van der Waals surface area contributed by atoms with Gasteiger partial charge in [-0.2, -0.15) is 0 Å². The maximum Gasteiger partial charge on any atom is 0.328 e. The van der Waals surface area contributed by atoms with Crippen LogP contribution >= 0.6 is 0 Å². The molecule has 1 heterocycles. The van der Waals surface area contributed by atoms with E-state index >= 15 is 0 Å². The summed E-state index contributed by atoms with van der Waals surface area (Å²) in [6.45, 7) is 3.23. The molecule has 9 heteroatoms. The predicted molar refractivity (Wildman–Crippen MR) is 79.4 cm³/mol. The zero-order valence-corrected chi connectivity index (χ0v) is 12.9. The highest BCUT2D eigenvalue weighted by Gasteiger charge is 2.23. The minimum Gasteiger partial charge on any atom is -0.478 e. The van der Waals surface area contributed by atoms with Crippen LogP contribution in [0.2, 0.25) is 0 Å². The van der Waals surface area contributed by atoms with Gasteiger partial charge in [-0.3, -0.25) is 14.4 Å². The van der Waals surface area contributed by atoms with Crippen molar-refractivity contribution in [2.75, 3.05) is 32.8 Å². The fourth-order valence-electron chi connectivity index (χ4n) is 2.04. The number of aliphatic carboxylic acids is 1. The van der Waals surface area contributed by atoms with Crippen molar-refractivity contribution in [2.45, 2.75) is 19.4 Å². The van der Waals surface area contributed by atoms with Crippen molar-refractivity contribution < 1.29 is 29.0 Å². The molecule has 3 N–H and O–H groups in total. The summed E-state index contributed by atoms with van der Waals surface area (Å²) >= 11 is 0. The number of ether oxygens (including phenoxy) is 1. The minimum atomic E-state index is -1.21. The van der Waals surface area contributed by atoms with Crippen molar-refractivity contribution in [3.63, 3.8) is 0 Å². The van der Waals surface area contributed by atoms with Crippen LogP contribution in [0.15, 0.2) is 12.2 Å². The van der Waals surface area contributed by atoms with Gasteiger partial charge in [-0.1, -0.05) is 0 Å². The molecule has 0 bridgehead atoms. The molecule has 0 aromatic carbocycles. The molecule has 0 saturated carbocycles. The second-order valence-electron chi connectivity index (χ2n) is 5.01. The number of piperazine rings is 1. The van der Waals surface area contributed by atoms with Crippen LogP contribution in [0.3, 0.4) is 0 Å². The number of carboxylic acid groups (broad SMARTS) is 1. The first-order chi connectivity index (χ1) is 10.9. The summed E-state index contributed by atoms with van der Waals surface area (Å²) in [4.78, 5) is 46.0. The number of carbonyl (C=O) groups is 4. The van der Waals surface area contributed by atoms with E-state index in [4.69, 9.17) is 9.84 Å². The monoisotopic (exact) mass is 327 g/mol. The fraction of sp³-hybridized carbons (Fsp3) is 0.571. The molecular weight excluding hydrogens is 306 g/mol. The predicted octanol–water partition coefficient (Wildman–Crippen LogP) is -1.50. The smallest absolute Gasteiger partial charge is 0.328 e. The number of carboxylic acids is 1. The van der Waals surface area contributed by atoms with Gasteiger partial charge >= 0.3 is 11.9 Å². The SMILES string of the molecule is CC(=O)OCC1CN(C(=O)CCNC(=O)/C=C\C(=O)O)CCN1. The van der Waals surface area contributed by atoms with Crippen LogP contribution in [0, 0.1) is 0 Å². The first kappa shape index (κ1) is 18.6. The van der Waals surface area contributed by atoms with Gasteiger partial charge in [-0.05, 0) is 0 Å². The molecule has 0 aromatic rings. The number of hydrogen-bond acceptors (Lipinski definition) is 6. The Morgan fingerprint density at radius 3 is 2.74 bits per heavy atom. The molecule has 2 amide bonds. The third-order valence-corrected chi connectivity index (χ3v) is 3.11. The Morgan fingerprint density at radius 2 is 2.09 bits per heavy atom. The van der Waals surface area contributed by atoms with Crippen molar-refractivity contribution in [3.8, 4) is 0 Å². The van der Waals surface area contributed by atoms with E-state index in [1.54, 1.807) is 4.90 Å². The molecule has 1 rings (SSSR count). The number of nitrogens with zero attached hydrogens (tertiary/aromatic N) is 1. The average Bonchev–Trinajstić information content (AvgIpc) is 2.51. The van der Waals surface area contributed by atoms with Gasteiger partial charge in [0.25, 0.3) is 0 Å². The second-order valence-corrected chi connectivity index (χ2v) is 5.01. The number of esters is 1.